The topological polar surface area (TPSA) is 91.5 Å². The Morgan fingerprint density at radius 2 is 1.79 bits per heavy atom. The Morgan fingerprint density at radius 1 is 1.10 bits per heavy atom. The number of guanidine groups is 1. The number of hydrogen-bond acceptors (Lipinski definition) is 4. The Balaban J connectivity index is 1.92. The molecule has 0 saturated heterocycles. The summed E-state index contributed by atoms with van der Waals surface area (Å²) in [4.78, 5) is 20.9. The van der Waals surface area contributed by atoms with Crippen LogP contribution in [0.4, 0.5) is 0 Å². The molecule has 0 aliphatic heterocycles. The summed E-state index contributed by atoms with van der Waals surface area (Å²) in [5, 5.41) is 9.41. The second-order valence-electron chi connectivity index (χ2n) is 9.05. The Kier molecular flexibility index (Phi) is 7.06. The standard InChI is InChI=1S/C22H33N5O2/c1-21(2,3)17-13-24-18(29-17)14-26-20(23-7)25-12-15-9-8-10-16(11-15)19(28)27-22(4,5)6/h8-11,13H,12,14H2,1-7H3,(H,27,28)(H2,23,25,26). The Labute approximate surface area is 173 Å². The highest BCUT2D eigenvalue weighted by Crippen LogP contribution is 2.22. The molecular formula is C22H33N5O2. The van der Waals surface area contributed by atoms with Crippen LogP contribution in [0.2, 0.25) is 0 Å². The van der Waals surface area contributed by atoms with Crippen LogP contribution in [0.5, 0.6) is 0 Å². The lowest BCUT2D eigenvalue weighted by Crippen LogP contribution is -2.40. The zero-order chi connectivity index (χ0) is 21.7. The summed E-state index contributed by atoms with van der Waals surface area (Å²) < 4.78 is 5.79. The maximum atomic E-state index is 12.4. The van der Waals surface area contributed by atoms with Gasteiger partial charge in [0.15, 0.2) is 5.96 Å². The molecule has 2 rings (SSSR count). The maximum absolute atomic E-state index is 12.4. The van der Waals surface area contributed by atoms with Crippen LogP contribution in [-0.4, -0.2) is 29.4 Å². The van der Waals surface area contributed by atoms with Gasteiger partial charge < -0.3 is 20.4 Å². The molecule has 0 unspecified atom stereocenters. The van der Waals surface area contributed by atoms with Crippen molar-refractivity contribution in [2.75, 3.05) is 7.05 Å². The van der Waals surface area contributed by atoms with Crippen molar-refractivity contribution < 1.29 is 9.21 Å². The first-order valence-corrected chi connectivity index (χ1v) is 9.79. The van der Waals surface area contributed by atoms with E-state index in [9.17, 15) is 4.79 Å². The number of benzene rings is 1. The third kappa shape index (κ3) is 7.25. The lowest BCUT2D eigenvalue weighted by atomic mass is 9.94. The van der Waals surface area contributed by atoms with Gasteiger partial charge >= 0.3 is 0 Å². The Morgan fingerprint density at radius 3 is 2.38 bits per heavy atom. The van der Waals surface area contributed by atoms with Crippen LogP contribution in [0, 0.1) is 0 Å². The summed E-state index contributed by atoms with van der Waals surface area (Å²) in [7, 11) is 1.71. The number of oxazole rings is 1. The molecule has 7 nitrogen and oxygen atoms in total. The number of carbonyl (C=O) groups is 1. The Bertz CT molecular complexity index is 857. The number of hydrogen-bond donors (Lipinski definition) is 3. The van der Waals surface area contributed by atoms with Crippen molar-refractivity contribution in [2.24, 2.45) is 4.99 Å². The first-order chi connectivity index (χ1) is 13.5. The number of nitrogens with one attached hydrogen (secondary N) is 3. The quantitative estimate of drug-likeness (QED) is 0.530. The number of nitrogens with zero attached hydrogens (tertiary/aromatic N) is 2. The second-order valence-corrected chi connectivity index (χ2v) is 9.05. The zero-order valence-corrected chi connectivity index (χ0v) is 18.5. The van der Waals surface area contributed by atoms with Crippen molar-refractivity contribution in [3.63, 3.8) is 0 Å². The minimum Gasteiger partial charge on any atom is -0.443 e. The highest BCUT2D eigenvalue weighted by Gasteiger charge is 2.19. The van der Waals surface area contributed by atoms with Crippen LogP contribution < -0.4 is 16.0 Å². The zero-order valence-electron chi connectivity index (χ0n) is 18.5. The summed E-state index contributed by atoms with van der Waals surface area (Å²) >= 11 is 0. The van der Waals surface area contributed by atoms with E-state index in [-0.39, 0.29) is 16.9 Å². The van der Waals surface area contributed by atoms with Gasteiger partial charge in [-0.3, -0.25) is 9.79 Å². The molecule has 0 aliphatic rings. The minimum absolute atomic E-state index is 0.0739. The van der Waals surface area contributed by atoms with Gasteiger partial charge in [0, 0.05) is 30.1 Å². The van der Waals surface area contributed by atoms with Gasteiger partial charge in [-0.2, -0.15) is 0 Å². The van der Waals surface area contributed by atoms with E-state index in [0.29, 0.717) is 30.5 Å². The number of aromatic nitrogens is 1. The SMILES string of the molecule is CN=C(NCc1cccc(C(=O)NC(C)(C)C)c1)NCc1ncc(C(C)(C)C)o1. The van der Waals surface area contributed by atoms with E-state index >= 15 is 0 Å². The summed E-state index contributed by atoms with van der Waals surface area (Å²) in [5.41, 5.74) is 1.27. The monoisotopic (exact) mass is 399 g/mol. The molecular weight excluding hydrogens is 366 g/mol. The van der Waals surface area contributed by atoms with Gasteiger partial charge in [-0.15, -0.1) is 0 Å². The fraction of sp³-hybridized carbons (Fsp3) is 0.500. The third-order valence-corrected chi connectivity index (χ3v) is 4.06. The fourth-order valence-corrected chi connectivity index (χ4v) is 2.54. The van der Waals surface area contributed by atoms with E-state index in [1.165, 1.54) is 0 Å². The molecule has 0 radical (unpaired) electrons. The summed E-state index contributed by atoms with van der Waals surface area (Å²) in [6.45, 7) is 13.1. The largest absolute Gasteiger partial charge is 0.443 e. The van der Waals surface area contributed by atoms with Gasteiger partial charge in [0.1, 0.15) is 5.76 Å². The van der Waals surface area contributed by atoms with Gasteiger partial charge in [0.05, 0.1) is 12.7 Å². The minimum atomic E-state index is -0.274. The Hall–Kier alpha value is -2.83. The molecule has 0 bridgehead atoms. The van der Waals surface area contributed by atoms with E-state index in [1.807, 2.05) is 45.0 Å². The van der Waals surface area contributed by atoms with E-state index in [4.69, 9.17) is 4.42 Å². The highest BCUT2D eigenvalue weighted by atomic mass is 16.4. The van der Waals surface area contributed by atoms with Crippen LogP contribution in [0.25, 0.3) is 0 Å². The average Bonchev–Trinajstić information content (AvgIpc) is 3.10. The molecule has 1 heterocycles. The molecule has 0 saturated carbocycles. The fourth-order valence-electron chi connectivity index (χ4n) is 2.54. The van der Waals surface area contributed by atoms with Crippen molar-refractivity contribution in [3.05, 3.63) is 53.2 Å². The highest BCUT2D eigenvalue weighted by molar-refractivity contribution is 5.94. The van der Waals surface area contributed by atoms with Crippen LogP contribution in [-0.2, 0) is 18.5 Å². The van der Waals surface area contributed by atoms with Gasteiger partial charge in [-0.25, -0.2) is 4.98 Å². The molecule has 1 amide bonds. The lowest BCUT2D eigenvalue weighted by Gasteiger charge is -2.20. The molecule has 158 valence electrons. The summed E-state index contributed by atoms with van der Waals surface area (Å²) in [6, 6.07) is 7.54. The molecule has 0 fully saturated rings. The first kappa shape index (κ1) is 22.5. The van der Waals surface area contributed by atoms with E-state index in [2.05, 4.69) is 46.7 Å². The van der Waals surface area contributed by atoms with E-state index < -0.39 is 0 Å². The van der Waals surface area contributed by atoms with E-state index in [1.54, 1.807) is 13.2 Å². The van der Waals surface area contributed by atoms with Gasteiger partial charge in [0.25, 0.3) is 5.91 Å². The van der Waals surface area contributed by atoms with Crippen molar-refractivity contribution in [1.29, 1.82) is 0 Å². The maximum Gasteiger partial charge on any atom is 0.251 e. The van der Waals surface area contributed by atoms with Gasteiger partial charge in [0.2, 0.25) is 5.89 Å². The predicted molar refractivity (Wildman–Crippen MR) is 116 cm³/mol. The summed E-state index contributed by atoms with van der Waals surface area (Å²) in [5.74, 6) is 2.01. The molecule has 29 heavy (non-hydrogen) atoms. The molecule has 0 spiro atoms. The van der Waals surface area contributed by atoms with Crippen molar-refractivity contribution in [3.8, 4) is 0 Å². The molecule has 2 aromatic rings. The third-order valence-electron chi connectivity index (χ3n) is 4.06. The number of aliphatic imine (C=N–C) groups is 1. The first-order valence-electron chi connectivity index (χ1n) is 9.79. The van der Waals surface area contributed by atoms with Gasteiger partial charge in [-0.1, -0.05) is 32.9 Å². The number of carbonyl (C=O) groups excluding carboxylic acids is 1. The average molecular weight is 400 g/mol. The predicted octanol–water partition coefficient (Wildman–Crippen LogP) is 3.37. The van der Waals surface area contributed by atoms with Crippen molar-refractivity contribution in [1.82, 2.24) is 20.9 Å². The molecule has 0 aliphatic carbocycles. The number of amides is 1. The second kappa shape index (κ2) is 9.11. The molecule has 1 aromatic carbocycles. The van der Waals surface area contributed by atoms with E-state index in [0.717, 1.165) is 11.3 Å². The van der Waals surface area contributed by atoms with Crippen LogP contribution in [0.1, 0.15) is 69.1 Å². The molecule has 3 N–H and O–H groups in total. The molecule has 0 atom stereocenters. The van der Waals surface area contributed by atoms with Crippen LogP contribution in [0.15, 0.2) is 39.9 Å². The molecule has 7 heteroatoms. The van der Waals surface area contributed by atoms with Gasteiger partial charge in [-0.05, 0) is 38.5 Å². The number of rotatable bonds is 5. The van der Waals surface area contributed by atoms with Crippen LogP contribution >= 0.6 is 0 Å². The van der Waals surface area contributed by atoms with Crippen molar-refractivity contribution in [2.45, 2.75) is 65.6 Å². The normalized spacial score (nSPS) is 12.6. The molecule has 1 aromatic heterocycles. The lowest BCUT2D eigenvalue weighted by molar-refractivity contribution is 0.0919. The van der Waals surface area contributed by atoms with Crippen molar-refractivity contribution >= 4 is 11.9 Å². The van der Waals surface area contributed by atoms with Crippen LogP contribution in [0.3, 0.4) is 0 Å². The summed E-state index contributed by atoms with van der Waals surface area (Å²) in [6.07, 6.45) is 1.77. The smallest absolute Gasteiger partial charge is 0.251 e.